The van der Waals surface area contributed by atoms with Gasteiger partial charge in [-0.3, -0.25) is 0 Å². The van der Waals surface area contributed by atoms with E-state index in [4.69, 9.17) is 10.5 Å². The standard InChI is InChI=1S/C12H6F2N4/c13-9-1-2-10(14)8(3-9)6-18-7-17-11(4-15)12(18)5-16/h1-3,7H,6H2. The van der Waals surface area contributed by atoms with Gasteiger partial charge in [0.15, 0.2) is 11.4 Å². The predicted molar refractivity (Wildman–Crippen MR) is 57.1 cm³/mol. The van der Waals surface area contributed by atoms with Crippen molar-refractivity contribution in [3.63, 3.8) is 0 Å². The lowest BCUT2D eigenvalue weighted by Gasteiger charge is -2.05. The predicted octanol–water partition coefficient (Wildman–Crippen LogP) is 1.95. The maximum Gasteiger partial charge on any atom is 0.176 e. The van der Waals surface area contributed by atoms with Crippen molar-refractivity contribution in [3.05, 3.63) is 53.1 Å². The van der Waals surface area contributed by atoms with Crippen molar-refractivity contribution in [2.75, 3.05) is 0 Å². The molecule has 18 heavy (non-hydrogen) atoms. The third-order valence-corrected chi connectivity index (χ3v) is 2.40. The molecule has 2 rings (SSSR count). The summed E-state index contributed by atoms with van der Waals surface area (Å²) >= 11 is 0. The molecule has 0 saturated carbocycles. The lowest BCUT2D eigenvalue weighted by Crippen LogP contribution is -2.04. The smallest absolute Gasteiger partial charge is 0.176 e. The highest BCUT2D eigenvalue weighted by molar-refractivity contribution is 5.36. The highest BCUT2D eigenvalue weighted by atomic mass is 19.1. The molecule has 6 heteroatoms. The molecule has 1 aromatic heterocycles. The maximum atomic E-state index is 13.4. The minimum Gasteiger partial charge on any atom is -0.317 e. The van der Waals surface area contributed by atoms with E-state index in [9.17, 15) is 8.78 Å². The minimum atomic E-state index is -0.576. The van der Waals surface area contributed by atoms with E-state index in [1.165, 1.54) is 10.9 Å². The zero-order chi connectivity index (χ0) is 13.1. The molecule has 0 fully saturated rings. The van der Waals surface area contributed by atoms with Crippen molar-refractivity contribution in [2.45, 2.75) is 6.54 Å². The summed E-state index contributed by atoms with van der Waals surface area (Å²) in [4.78, 5) is 3.72. The first kappa shape index (κ1) is 11.7. The Morgan fingerprint density at radius 3 is 2.67 bits per heavy atom. The summed E-state index contributed by atoms with van der Waals surface area (Å²) in [5.74, 6) is -1.14. The molecule has 1 aromatic carbocycles. The summed E-state index contributed by atoms with van der Waals surface area (Å²) in [7, 11) is 0. The van der Waals surface area contributed by atoms with Gasteiger partial charge in [0.05, 0.1) is 12.9 Å². The Labute approximate surface area is 101 Å². The normalized spacial score (nSPS) is 9.78. The molecule has 0 unspecified atom stereocenters. The lowest BCUT2D eigenvalue weighted by molar-refractivity contribution is 0.576. The van der Waals surface area contributed by atoms with Gasteiger partial charge in [-0.1, -0.05) is 0 Å². The number of hydrogen-bond acceptors (Lipinski definition) is 3. The molecule has 4 nitrogen and oxygen atoms in total. The van der Waals surface area contributed by atoms with Crippen LogP contribution in [0.2, 0.25) is 0 Å². The molecule has 0 bridgehead atoms. The summed E-state index contributed by atoms with van der Waals surface area (Å²) in [6.07, 6.45) is 1.25. The SMILES string of the molecule is N#Cc1ncn(Cc2cc(F)ccc2F)c1C#N. The van der Waals surface area contributed by atoms with Crippen LogP contribution in [0.4, 0.5) is 8.78 Å². The minimum absolute atomic E-state index is 0.0289. The van der Waals surface area contributed by atoms with Gasteiger partial charge in [0.1, 0.15) is 23.8 Å². The fourth-order valence-electron chi connectivity index (χ4n) is 1.55. The Hall–Kier alpha value is -2.73. The van der Waals surface area contributed by atoms with Crippen molar-refractivity contribution >= 4 is 0 Å². The average Bonchev–Trinajstić information content (AvgIpc) is 2.75. The number of nitriles is 2. The number of halogens is 2. The number of benzene rings is 1. The van der Waals surface area contributed by atoms with Crippen molar-refractivity contribution < 1.29 is 8.78 Å². The van der Waals surface area contributed by atoms with E-state index in [2.05, 4.69) is 4.98 Å². The molecule has 0 spiro atoms. The average molecular weight is 244 g/mol. The number of nitrogens with zero attached hydrogens (tertiary/aromatic N) is 4. The van der Waals surface area contributed by atoms with Gasteiger partial charge < -0.3 is 4.57 Å². The molecule has 0 saturated heterocycles. The van der Waals surface area contributed by atoms with Crippen LogP contribution in [-0.2, 0) is 6.54 Å². The first-order valence-corrected chi connectivity index (χ1v) is 4.95. The molecule has 2 aromatic rings. The van der Waals surface area contributed by atoms with Crippen LogP contribution < -0.4 is 0 Å². The quantitative estimate of drug-likeness (QED) is 0.810. The van der Waals surface area contributed by atoms with Crippen molar-refractivity contribution in [3.8, 4) is 12.1 Å². The fraction of sp³-hybridized carbons (Fsp3) is 0.0833. The molecule has 88 valence electrons. The van der Waals surface area contributed by atoms with Gasteiger partial charge in [-0.25, -0.2) is 13.8 Å². The Kier molecular flexibility index (Phi) is 3.03. The van der Waals surface area contributed by atoms with Crippen LogP contribution in [0, 0.1) is 34.3 Å². The van der Waals surface area contributed by atoms with Gasteiger partial charge in [-0.15, -0.1) is 0 Å². The van der Waals surface area contributed by atoms with Gasteiger partial charge in [0.25, 0.3) is 0 Å². The molecular formula is C12H6F2N4. The Morgan fingerprint density at radius 2 is 2.00 bits per heavy atom. The molecule has 0 aliphatic carbocycles. The monoisotopic (exact) mass is 244 g/mol. The Bertz CT molecular complexity index is 676. The molecular weight excluding hydrogens is 238 g/mol. The summed E-state index contributed by atoms with van der Waals surface area (Å²) < 4.78 is 27.7. The van der Waals surface area contributed by atoms with Crippen LogP contribution >= 0.6 is 0 Å². The topological polar surface area (TPSA) is 65.4 Å². The molecule has 0 N–H and O–H groups in total. The number of imidazole rings is 1. The first-order chi connectivity index (χ1) is 8.65. The third kappa shape index (κ3) is 2.04. The van der Waals surface area contributed by atoms with Crippen LogP contribution in [0.1, 0.15) is 17.0 Å². The van der Waals surface area contributed by atoms with Crippen molar-refractivity contribution in [1.82, 2.24) is 9.55 Å². The molecule has 0 radical (unpaired) electrons. The van der Waals surface area contributed by atoms with Gasteiger partial charge >= 0.3 is 0 Å². The second-order valence-electron chi connectivity index (χ2n) is 3.53. The van der Waals surface area contributed by atoms with Crippen LogP contribution in [0.5, 0.6) is 0 Å². The summed E-state index contributed by atoms with van der Waals surface area (Å²) in [6.45, 7) is -0.0544. The van der Waals surface area contributed by atoms with E-state index in [1.54, 1.807) is 6.07 Å². The Morgan fingerprint density at radius 1 is 1.22 bits per heavy atom. The highest BCUT2D eigenvalue weighted by Crippen LogP contribution is 2.14. The number of aromatic nitrogens is 2. The highest BCUT2D eigenvalue weighted by Gasteiger charge is 2.12. The molecule has 0 atom stereocenters. The maximum absolute atomic E-state index is 13.4. The second-order valence-corrected chi connectivity index (χ2v) is 3.53. The summed E-state index contributed by atoms with van der Waals surface area (Å²) in [6, 6.07) is 6.64. The first-order valence-electron chi connectivity index (χ1n) is 4.95. The number of hydrogen-bond donors (Lipinski definition) is 0. The second kappa shape index (κ2) is 4.64. The van der Waals surface area contributed by atoms with Crippen LogP contribution in [0.15, 0.2) is 24.5 Å². The zero-order valence-corrected chi connectivity index (χ0v) is 9.06. The van der Waals surface area contributed by atoms with Gasteiger partial charge in [0, 0.05) is 5.56 Å². The van der Waals surface area contributed by atoms with Crippen LogP contribution in [0.25, 0.3) is 0 Å². The van der Waals surface area contributed by atoms with Gasteiger partial charge in [-0.2, -0.15) is 10.5 Å². The molecule has 0 amide bonds. The largest absolute Gasteiger partial charge is 0.317 e. The van der Waals surface area contributed by atoms with E-state index in [1.807, 2.05) is 6.07 Å². The summed E-state index contributed by atoms with van der Waals surface area (Å²) in [5, 5.41) is 17.6. The van der Waals surface area contributed by atoms with Crippen molar-refractivity contribution in [1.29, 1.82) is 10.5 Å². The van der Waals surface area contributed by atoms with Gasteiger partial charge in [0.2, 0.25) is 0 Å². The molecule has 0 aliphatic rings. The Balaban J connectivity index is 2.41. The van der Waals surface area contributed by atoms with E-state index in [0.717, 1.165) is 18.2 Å². The zero-order valence-electron chi connectivity index (χ0n) is 9.06. The van der Waals surface area contributed by atoms with Crippen molar-refractivity contribution in [2.24, 2.45) is 0 Å². The van der Waals surface area contributed by atoms with E-state index < -0.39 is 11.6 Å². The molecule has 0 aliphatic heterocycles. The van der Waals surface area contributed by atoms with Crippen LogP contribution in [0.3, 0.4) is 0 Å². The van der Waals surface area contributed by atoms with E-state index >= 15 is 0 Å². The molecule has 1 heterocycles. The van der Waals surface area contributed by atoms with Gasteiger partial charge in [-0.05, 0) is 18.2 Å². The fourth-order valence-corrected chi connectivity index (χ4v) is 1.55. The van der Waals surface area contributed by atoms with E-state index in [-0.39, 0.29) is 23.5 Å². The third-order valence-electron chi connectivity index (χ3n) is 2.40. The van der Waals surface area contributed by atoms with E-state index in [0.29, 0.717) is 0 Å². The van der Waals surface area contributed by atoms with Crippen LogP contribution in [-0.4, -0.2) is 9.55 Å². The number of rotatable bonds is 2. The summed E-state index contributed by atoms with van der Waals surface area (Å²) in [5.41, 5.74) is 0.0869. The lowest BCUT2D eigenvalue weighted by atomic mass is 10.2.